The molecule has 106 valence electrons. The van der Waals surface area contributed by atoms with Gasteiger partial charge in [0.1, 0.15) is 0 Å². The summed E-state index contributed by atoms with van der Waals surface area (Å²) in [6.45, 7) is 1.71. The Morgan fingerprint density at radius 2 is 2.32 bits per heavy atom. The second-order valence-corrected chi connectivity index (χ2v) is 5.03. The number of nitrogens with one attached hydrogen (secondary N) is 1. The van der Waals surface area contributed by atoms with E-state index in [4.69, 9.17) is 4.42 Å². The highest BCUT2D eigenvalue weighted by Crippen LogP contribution is 2.30. The molecular formula is C14H21NO4. The van der Waals surface area contributed by atoms with Crippen LogP contribution in [0.4, 0.5) is 0 Å². The highest BCUT2D eigenvalue weighted by molar-refractivity contribution is 5.87. The lowest BCUT2D eigenvalue weighted by Gasteiger charge is -2.17. The van der Waals surface area contributed by atoms with Gasteiger partial charge in [0.05, 0.1) is 13.4 Å². The van der Waals surface area contributed by atoms with Crippen molar-refractivity contribution in [1.82, 2.24) is 5.32 Å². The number of furan rings is 1. The molecule has 1 saturated carbocycles. The average molecular weight is 267 g/mol. The lowest BCUT2D eigenvalue weighted by molar-refractivity contribution is 0.0563. The minimum absolute atomic E-state index is 0.264. The average Bonchev–Trinajstić information content (AvgIpc) is 3.06. The predicted molar refractivity (Wildman–Crippen MR) is 69.7 cm³/mol. The van der Waals surface area contributed by atoms with Gasteiger partial charge in [0.2, 0.25) is 5.76 Å². The highest BCUT2D eigenvalue weighted by atomic mass is 16.5. The molecule has 2 N–H and O–H groups in total. The van der Waals surface area contributed by atoms with Crippen molar-refractivity contribution in [3.63, 3.8) is 0 Å². The van der Waals surface area contributed by atoms with Crippen LogP contribution >= 0.6 is 0 Å². The smallest absolute Gasteiger partial charge is 0.374 e. The molecule has 0 aliphatic heterocycles. The number of esters is 1. The molecule has 1 aliphatic rings. The molecule has 19 heavy (non-hydrogen) atoms. The predicted octanol–water partition coefficient (Wildman–Crippen LogP) is 1.56. The zero-order valence-electron chi connectivity index (χ0n) is 11.2. The first-order valence-electron chi connectivity index (χ1n) is 6.72. The number of ether oxygens (including phenoxy) is 1. The van der Waals surface area contributed by atoms with Gasteiger partial charge in [-0.25, -0.2) is 4.79 Å². The number of aliphatic hydroxyl groups is 1. The molecule has 2 atom stereocenters. The molecule has 0 spiro atoms. The van der Waals surface area contributed by atoms with Crippen molar-refractivity contribution in [3.05, 3.63) is 23.7 Å². The third-order valence-electron chi connectivity index (χ3n) is 3.89. The van der Waals surface area contributed by atoms with Crippen molar-refractivity contribution in [2.24, 2.45) is 11.8 Å². The summed E-state index contributed by atoms with van der Waals surface area (Å²) < 4.78 is 9.78. The van der Waals surface area contributed by atoms with Gasteiger partial charge in [-0.2, -0.15) is 0 Å². The van der Waals surface area contributed by atoms with E-state index in [2.05, 4.69) is 10.1 Å². The maximum atomic E-state index is 11.4. The summed E-state index contributed by atoms with van der Waals surface area (Å²) in [5.74, 6) is 0.756. The Morgan fingerprint density at radius 3 is 3.05 bits per heavy atom. The van der Waals surface area contributed by atoms with Crippen LogP contribution in [0, 0.1) is 11.8 Å². The number of carbonyl (C=O) groups is 1. The summed E-state index contributed by atoms with van der Waals surface area (Å²) in [6, 6.07) is 1.78. The van der Waals surface area contributed by atoms with Crippen LogP contribution in [0.3, 0.4) is 0 Å². The van der Waals surface area contributed by atoms with E-state index in [0.717, 1.165) is 24.9 Å². The van der Waals surface area contributed by atoms with Crippen LogP contribution in [0.1, 0.15) is 35.4 Å². The maximum absolute atomic E-state index is 11.4. The minimum atomic E-state index is -0.448. The molecule has 1 aromatic rings. The van der Waals surface area contributed by atoms with Crippen LogP contribution in [0.5, 0.6) is 0 Å². The minimum Gasteiger partial charge on any atom is -0.463 e. The Labute approximate surface area is 112 Å². The van der Waals surface area contributed by atoms with Gasteiger partial charge in [0.15, 0.2) is 0 Å². The number of carbonyl (C=O) groups excluding carboxylic acids is 1. The van der Waals surface area contributed by atoms with Crippen LogP contribution in [0.2, 0.25) is 0 Å². The van der Waals surface area contributed by atoms with Crippen molar-refractivity contribution in [2.75, 3.05) is 20.3 Å². The fourth-order valence-corrected chi connectivity index (χ4v) is 2.76. The number of aliphatic hydroxyl groups excluding tert-OH is 1. The van der Waals surface area contributed by atoms with Gasteiger partial charge in [-0.1, -0.05) is 6.42 Å². The Balaban J connectivity index is 1.83. The van der Waals surface area contributed by atoms with Crippen molar-refractivity contribution in [2.45, 2.75) is 25.8 Å². The van der Waals surface area contributed by atoms with Gasteiger partial charge in [-0.15, -0.1) is 0 Å². The van der Waals surface area contributed by atoms with Crippen LogP contribution in [0.25, 0.3) is 0 Å². The zero-order valence-corrected chi connectivity index (χ0v) is 11.2. The summed E-state index contributed by atoms with van der Waals surface area (Å²) in [5.41, 5.74) is 0.811. The molecule has 0 bridgehead atoms. The molecule has 5 heteroatoms. The normalized spacial score (nSPS) is 22.6. The molecule has 1 aromatic heterocycles. The van der Waals surface area contributed by atoms with Crippen LogP contribution < -0.4 is 5.32 Å². The standard InChI is InChI=1S/C14H21NO4/c1-18-14(17)13-11(5-6-19-13)8-15-7-10-3-2-4-12(10)9-16/h5-6,10,12,15-16H,2-4,7-9H2,1H3. The molecule has 0 saturated heterocycles. The topological polar surface area (TPSA) is 71.7 Å². The fourth-order valence-electron chi connectivity index (χ4n) is 2.76. The molecule has 0 radical (unpaired) electrons. The third kappa shape index (κ3) is 3.36. The van der Waals surface area contributed by atoms with Crippen LogP contribution in [-0.2, 0) is 11.3 Å². The first kappa shape index (κ1) is 14.1. The first-order chi connectivity index (χ1) is 9.26. The van der Waals surface area contributed by atoms with E-state index in [9.17, 15) is 9.90 Å². The largest absolute Gasteiger partial charge is 0.463 e. The van der Waals surface area contributed by atoms with Gasteiger partial charge in [0.25, 0.3) is 0 Å². The second kappa shape index (κ2) is 6.73. The molecule has 1 fully saturated rings. The van der Waals surface area contributed by atoms with Gasteiger partial charge in [-0.05, 0) is 37.3 Å². The van der Waals surface area contributed by atoms with Gasteiger partial charge in [-0.3, -0.25) is 0 Å². The molecule has 2 rings (SSSR count). The molecule has 0 aromatic carbocycles. The number of hydrogen-bond acceptors (Lipinski definition) is 5. The van der Waals surface area contributed by atoms with Gasteiger partial charge >= 0.3 is 5.97 Å². The number of rotatable bonds is 6. The SMILES string of the molecule is COC(=O)c1occc1CNCC1CCCC1CO. The Kier molecular flexibility index (Phi) is 4.99. The molecule has 1 heterocycles. The fraction of sp³-hybridized carbons (Fsp3) is 0.643. The number of hydrogen-bond donors (Lipinski definition) is 2. The van der Waals surface area contributed by atoms with Gasteiger partial charge in [0, 0.05) is 18.7 Å². The quantitative estimate of drug-likeness (QED) is 0.765. The first-order valence-corrected chi connectivity index (χ1v) is 6.72. The zero-order chi connectivity index (χ0) is 13.7. The van der Waals surface area contributed by atoms with E-state index in [0.29, 0.717) is 18.4 Å². The van der Waals surface area contributed by atoms with Crippen molar-refractivity contribution in [3.8, 4) is 0 Å². The van der Waals surface area contributed by atoms with Crippen LogP contribution in [-0.4, -0.2) is 31.3 Å². The van der Waals surface area contributed by atoms with Crippen molar-refractivity contribution < 1.29 is 19.1 Å². The molecule has 0 amide bonds. The third-order valence-corrected chi connectivity index (χ3v) is 3.89. The van der Waals surface area contributed by atoms with E-state index in [1.54, 1.807) is 6.07 Å². The lowest BCUT2D eigenvalue weighted by atomic mass is 9.97. The summed E-state index contributed by atoms with van der Waals surface area (Å²) in [6.07, 6.45) is 4.96. The Bertz CT molecular complexity index is 415. The molecule has 2 unspecified atom stereocenters. The van der Waals surface area contributed by atoms with Gasteiger partial charge < -0.3 is 19.6 Å². The van der Waals surface area contributed by atoms with E-state index in [1.165, 1.54) is 19.8 Å². The van der Waals surface area contributed by atoms with E-state index in [-0.39, 0.29) is 12.4 Å². The summed E-state index contributed by atoms with van der Waals surface area (Å²) in [7, 11) is 1.34. The Morgan fingerprint density at radius 1 is 1.53 bits per heavy atom. The summed E-state index contributed by atoms with van der Waals surface area (Å²) in [4.78, 5) is 11.4. The van der Waals surface area contributed by atoms with Crippen molar-refractivity contribution in [1.29, 1.82) is 0 Å². The number of methoxy groups -OCH3 is 1. The highest BCUT2D eigenvalue weighted by Gasteiger charge is 2.26. The molecule has 1 aliphatic carbocycles. The van der Waals surface area contributed by atoms with E-state index >= 15 is 0 Å². The monoisotopic (exact) mass is 267 g/mol. The maximum Gasteiger partial charge on any atom is 0.374 e. The lowest BCUT2D eigenvalue weighted by Crippen LogP contribution is -2.26. The Hall–Kier alpha value is -1.33. The summed E-state index contributed by atoms with van der Waals surface area (Å²) >= 11 is 0. The second-order valence-electron chi connectivity index (χ2n) is 5.03. The molecular weight excluding hydrogens is 246 g/mol. The van der Waals surface area contributed by atoms with Crippen molar-refractivity contribution >= 4 is 5.97 Å². The van der Waals surface area contributed by atoms with E-state index < -0.39 is 5.97 Å². The molecule has 5 nitrogen and oxygen atoms in total. The van der Waals surface area contributed by atoms with E-state index in [1.807, 2.05) is 0 Å². The summed E-state index contributed by atoms with van der Waals surface area (Å²) in [5, 5.41) is 12.6. The van der Waals surface area contributed by atoms with Crippen LogP contribution in [0.15, 0.2) is 16.7 Å².